The topological polar surface area (TPSA) is 43.1 Å². The van der Waals surface area contributed by atoms with Crippen molar-refractivity contribution in [2.24, 2.45) is 0 Å². The van der Waals surface area contributed by atoms with Gasteiger partial charge in [-0.05, 0) is 22.4 Å². The van der Waals surface area contributed by atoms with Crippen LogP contribution in [0, 0.1) is 0 Å². The van der Waals surface area contributed by atoms with Gasteiger partial charge >= 0.3 is 0 Å². The van der Waals surface area contributed by atoms with Gasteiger partial charge in [-0.2, -0.15) is 9.61 Å². The molecule has 0 unspecified atom stereocenters. The van der Waals surface area contributed by atoms with Crippen LogP contribution in [-0.4, -0.2) is 19.8 Å². The lowest BCUT2D eigenvalue weighted by atomic mass is 9.87. The van der Waals surface area contributed by atoms with E-state index in [4.69, 9.17) is 0 Å². The standard InChI is InChI=1S/C17H16N4S2/c1-17(2,3)12-8-6-11(7-9-12)14-18-19-16-21(14)20-15(23-16)13-5-4-10-22-13/h4-10H,1-3H3. The van der Waals surface area contributed by atoms with Crippen LogP contribution in [0.15, 0.2) is 41.8 Å². The average molecular weight is 340 g/mol. The molecule has 0 N–H and O–H groups in total. The van der Waals surface area contributed by atoms with Gasteiger partial charge in [0, 0.05) is 5.56 Å². The van der Waals surface area contributed by atoms with Gasteiger partial charge in [-0.1, -0.05) is 62.4 Å². The fourth-order valence-electron chi connectivity index (χ4n) is 2.42. The van der Waals surface area contributed by atoms with Crippen molar-refractivity contribution in [2.75, 3.05) is 0 Å². The second-order valence-corrected chi connectivity index (χ2v) is 8.33. The molecule has 0 aliphatic carbocycles. The first-order valence-electron chi connectivity index (χ1n) is 7.39. The van der Waals surface area contributed by atoms with Crippen LogP contribution >= 0.6 is 22.7 Å². The van der Waals surface area contributed by atoms with E-state index in [0.29, 0.717) is 0 Å². The molecule has 0 fully saturated rings. The fraction of sp³-hybridized carbons (Fsp3) is 0.235. The van der Waals surface area contributed by atoms with Crippen molar-refractivity contribution in [3.63, 3.8) is 0 Å². The number of rotatable bonds is 2. The predicted molar refractivity (Wildman–Crippen MR) is 96.1 cm³/mol. The summed E-state index contributed by atoms with van der Waals surface area (Å²) in [5, 5.41) is 16.3. The second-order valence-electron chi connectivity index (χ2n) is 6.43. The summed E-state index contributed by atoms with van der Waals surface area (Å²) in [4.78, 5) is 1.98. The van der Waals surface area contributed by atoms with Crippen LogP contribution in [0.5, 0.6) is 0 Å². The van der Waals surface area contributed by atoms with Crippen LogP contribution in [0.25, 0.3) is 26.2 Å². The van der Waals surface area contributed by atoms with Crippen molar-refractivity contribution in [2.45, 2.75) is 26.2 Å². The van der Waals surface area contributed by atoms with Crippen LogP contribution in [-0.2, 0) is 5.41 Å². The fourth-order valence-corrected chi connectivity index (χ4v) is 4.05. The molecule has 0 aliphatic heterocycles. The molecule has 0 radical (unpaired) electrons. The number of nitrogens with zero attached hydrogens (tertiary/aromatic N) is 4. The van der Waals surface area contributed by atoms with Crippen LogP contribution < -0.4 is 0 Å². The monoisotopic (exact) mass is 340 g/mol. The highest BCUT2D eigenvalue weighted by molar-refractivity contribution is 7.23. The van der Waals surface area contributed by atoms with Gasteiger partial charge in [-0.15, -0.1) is 21.5 Å². The number of benzene rings is 1. The molecule has 3 aromatic heterocycles. The van der Waals surface area contributed by atoms with E-state index in [2.05, 4.69) is 71.8 Å². The minimum absolute atomic E-state index is 0.145. The van der Waals surface area contributed by atoms with E-state index in [1.807, 2.05) is 10.6 Å². The van der Waals surface area contributed by atoms with E-state index in [1.165, 1.54) is 5.56 Å². The summed E-state index contributed by atoms with van der Waals surface area (Å²) in [7, 11) is 0. The molecule has 4 aromatic rings. The number of hydrogen-bond acceptors (Lipinski definition) is 5. The summed E-state index contributed by atoms with van der Waals surface area (Å²) >= 11 is 3.25. The first-order valence-corrected chi connectivity index (χ1v) is 9.09. The second kappa shape index (κ2) is 5.25. The molecule has 116 valence electrons. The number of hydrogen-bond donors (Lipinski definition) is 0. The molecule has 0 aliphatic rings. The highest BCUT2D eigenvalue weighted by Crippen LogP contribution is 2.31. The van der Waals surface area contributed by atoms with Gasteiger partial charge in [0.1, 0.15) is 0 Å². The first kappa shape index (κ1) is 14.5. The van der Waals surface area contributed by atoms with E-state index in [9.17, 15) is 0 Å². The summed E-state index contributed by atoms with van der Waals surface area (Å²) < 4.78 is 1.84. The van der Waals surface area contributed by atoms with Crippen LogP contribution in [0.3, 0.4) is 0 Å². The van der Waals surface area contributed by atoms with Crippen molar-refractivity contribution >= 4 is 27.6 Å². The lowest BCUT2D eigenvalue weighted by molar-refractivity contribution is 0.590. The van der Waals surface area contributed by atoms with Gasteiger partial charge < -0.3 is 0 Å². The van der Waals surface area contributed by atoms with Gasteiger partial charge in [0.2, 0.25) is 4.96 Å². The third-order valence-corrected chi connectivity index (χ3v) is 5.67. The van der Waals surface area contributed by atoms with Gasteiger partial charge in [0.25, 0.3) is 0 Å². The zero-order valence-corrected chi connectivity index (χ0v) is 14.8. The Morgan fingerprint density at radius 2 is 1.78 bits per heavy atom. The minimum atomic E-state index is 0.145. The molecular weight excluding hydrogens is 324 g/mol. The van der Waals surface area contributed by atoms with Crippen LogP contribution in [0.1, 0.15) is 26.3 Å². The summed E-state index contributed by atoms with van der Waals surface area (Å²) in [6, 6.07) is 12.6. The Bertz CT molecular complexity index is 941. The van der Waals surface area contributed by atoms with Gasteiger partial charge in [0.15, 0.2) is 10.8 Å². The summed E-state index contributed by atoms with van der Waals surface area (Å²) in [6.45, 7) is 6.64. The number of thiophene rings is 1. The molecule has 3 heterocycles. The summed E-state index contributed by atoms with van der Waals surface area (Å²) in [6.07, 6.45) is 0. The Balaban J connectivity index is 1.77. The number of fused-ring (bicyclic) bond motifs is 1. The van der Waals surface area contributed by atoms with Crippen LogP contribution in [0.4, 0.5) is 0 Å². The lowest BCUT2D eigenvalue weighted by Gasteiger charge is -2.18. The maximum absolute atomic E-state index is 4.68. The summed E-state index contributed by atoms with van der Waals surface area (Å²) in [5.41, 5.74) is 2.49. The molecule has 23 heavy (non-hydrogen) atoms. The number of aromatic nitrogens is 4. The largest absolute Gasteiger partial charge is 0.235 e. The van der Waals surface area contributed by atoms with E-state index in [0.717, 1.165) is 26.2 Å². The predicted octanol–water partition coefficient (Wildman–Crippen LogP) is 4.88. The highest BCUT2D eigenvalue weighted by atomic mass is 32.1. The zero-order chi connectivity index (χ0) is 16.0. The van der Waals surface area contributed by atoms with Crippen molar-refractivity contribution in [3.8, 4) is 21.3 Å². The Kier molecular flexibility index (Phi) is 3.32. The molecule has 0 saturated heterocycles. The Hall–Kier alpha value is -2.05. The zero-order valence-electron chi connectivity index (χ0n) is 13.1. The molecule has 0 atom stereocenters. The van der Waals surface area contributed by atoms with Gasteiger partial charge in [0.05, 0.1) is 4.88 Å². The Morgan fingerprint density at radius 3 is 2.43 bits per heavy atom. The van der Waals surface area contributed by atoms with E-state index < -0.39 is 0 Å². The molecular formula is C17H16N4S2. The van der Waals surface area contributed by atoms with Gasteiger partial charge in [-0.25, -0.2) is 0 Å². The molecule has 0 spiro atoms. The SMILES string of the molecule is CC(C)(C)c1ccc(-c2nnc3sc(-c4cccs4)nn23)cc1. The molecule has 0 bridgehead atoms. The Labute approximate surface area is 142 Å². The molecule has 1 aromatic carbocycles. The third kappa shape index (κ3) is 2.58. The first-order chi connectivity index (χ1) is 11.0. The maximum atomic E-state index is 4.68. The lowest BCUT2D eigenvalue weighted by Crippen LogP contribution is -2.10. The van der Waals surface area contributed by atoms with Crippen molar-refractivity contribution in [1.82, 2.24) is 19.8 Å². The molecule has 4 nitrogen and oxygen atoms in total. The Morgan fingerprint density at radius 1 is 1.00 bits per heavy atom. The average Bonchev–Trinajstić information content (AvgIpc) is 3.22. The van der Waals surface area contributed by atoms with Crippen LogP contribution in [0.2, 0.25) is 0 Å². The molecule has 4 rings (SSSR count). The normalized spacial score (nSPS) is 12.1. The molecule has 0 amide bonds. The quantitative estimate of drug-likeness (QED) is 0.522. The minimum Gasteiger partial charge on any atom is -0.182 e. The van der Waals surface area contributed by atoms with Crippen molar-refractivity contribution < 1.29 is 0 Å². The third-order valence-electron chi connectivity index (χ3n) is 3.73. The van der Waals surface area contributed by atoms with E-state index in [1.54, 1.807) is 22.7 Å². The van der Waals surface area contributed by atoms with Gasteiger partial charge in [-0.3, -0.25) is 0 Å². The molecule has 6 heteroatoms. The maximum Gasteiger partial charge on any atom is 0.235 e. The smallest absolute Gasteiger partial charge is 0.182 e. The highest BCUT2D eigenvalue weighted by Gasteiger charge is 2.17. The van der Waals surface area contributed by atoms with E-state index in [-0.39, 0.29) is 5.41 Å². The van der Waals surface area contributed by atoms with Crippen molar-refractivity contribution in [3.05, 3.63) is 47.3 Å². The summed E-state index contributed by atoms with van der Waals surface area (Å²) in [5.74, 6) is 0.791. The van der Waals surface area contributed by atoms with E-state index >= 15 is 0 Å². The van der Waals surface area contributed by atoms with Crippen molar-refractivity contribution in [1.29, 1.82) is 0 Å². The molecule has 0 saturated carbocycles.